The molecule has 40 heavy (non-hydrogen) atoms. The maximum absolute atomic E-state index is 13.1. The molecule has 2 aliphatic rings. The minimum Gasteiger partial charge on any atom is -0.480 e. The van der Waals surface area contributed by atoms with Crippen LogP contribution in [0.3, 0.4) is 0 Å². The zero-order chi connectivity index (χ0) is 28.6. The summed E-state index contributed by atoms with van der Waals surface area (Å²) in [6.45, 7) is 10.0. The van der Waals surface area contributed by atoms with E-state index in [2.05, 4.69) is 46.5 Å². The van der Waals surface area contributed by atoms with Crippen LogP contribution in [0.2, 0.25) is 0 Å². The van der Waals surface area contributed by atoms with E-state index in [1.54, 1.807) is 12.1 Å². The van der Waals surface area contributed by atoms with Crippen molar-refractivity contribution in [3.05, 3.63) is 65.7 Å². The topological polar surface area (TPSA) is 106 Å². The SMILES string of the molecule is CCCN(C(=O)OCc1ccc(NO)cc1)C1CCN(C2CN(C(C(=O)O)C(C)C)CC2c2ccccc2)CC1. The lowest BCUT2D eigenvalue weighted by molar-refractivity contribution is -0.144. The number of hydrogen-bond donors (Lipinski definition) is 3. The standard InChI is InChI=1S/C31H44N4O5/c1-4-16-35(31(38)40-21-23-10-12-25(32-39)13-11-23)26-14-17-33(18-15-26)28-20-34(29(22(2)3)30(36)37)19-27(28)24-8-6-5-7-9-24/h5-13,22,26-29,32,39H,4,14-21H2,1-3H3,(H,36,37). The third-order valence-electron chi connectivity index (χ3n) is 8.38. The number of carbonyl (C=O) groups excluding carboxylic acids is 1. The van der Waals surface area contributed by atoms with Gasteiger partial charge in [0.2, 0.25) is 0 Å². The highest BCUT2D eigenvalue weighted by atomic mass is 16.6. The summed E-state index contributed by atoms with van der Waals surface area (Å²) in [7, 11) is 0. The molecule has 0 radical (unpaired) electrons. The van der Waals surface area contributed by atoms with Crippen LogP contribution in [0.25, 0.3) is 0 Å². The average molecular weight is 553 g/mol. The molecule has 3 atom stereocenters. The number of nitrogens with zero attached hydrogens (tertiary/aromatic N) is 3. The minimum atomic E-state index is -0.754. The Bertz CT molecular complexity index is 1090. The van der Waals surface area contributed by atoms with E-state index in [-0.39, 0.29) is 36.6 Å². The molecule has 1 amide bonds. The highest BCUT2D eigenvalue weighted by Crippen LogP contribution is 2.35. The number of likely N-dealkylation sites (tertiary alicyclic amines) is 2. The molecule has 2 aromatic rings. The average Bonchev–Trinajstić information content (AvgIpc) is 3.39. The van der Waals surface area contributed by atoms with E-state index < -0.39 is 12.0 Å². The molecule has 3 unspecified atom stereocenters. The number of benzene rings is 2. The van der Waals surface area contributed by atoms with E-state index in [1.165, 1.54) is 5.56 Å². The first-order chi connectivity index (χ1) is 19.3. The number of ether oxygens (including phenoxy) is 1. The summed E-state index contributed by atoms with van der Waals surface area (Å²) in [6, 6.07) is 17.4. The highest BCUT2D eigenvalue weighted by Gasteiger charge is 2.44. The van der Waals surface area contributed by atoms with E-state index in [9.17, 15) is 14.7 Å². The Balaban J connectivity index is 1.41. The van der Waals surface area contributed by atoms with Crippen molar-refractivity contribution in [3.63, 3.8) is 0 Å². The van der Waals surface area contributed by atoms with Crippen LogP contribution < -0.4 is 5.48 Å². The zero-order valence-electron chi connectivity index (χ0n) is 23.9. The fourth-order valence-corrected chi connectivity index (χ4v) is 6.40. The first kappa shape index (κ1) is 29.8. The molecule has 0 aromatic heterocycles. The number of aliphatic carboxylic acids is 1. The predicted octanol–water partition coefficient (Wildman–Crippen LogP) is 4.88. The van der Waals surface area contributed by atoms with Gasteiger partial charge in [0.05, 0.1) is 5.69 Å². The fourth-order valence-electron chi connectivity index (χ4n) is 6.40. The molecule has 2 heterocycles. The molecule has 9 nitrogen and oxygen atoms in total. The molecule has 218 valence electrons. The summed E-state index contributed by atoms with van der Waals surface area (Å²) in [5, 5.41) is 19.0. The van der Waals surface area contributed by atoms with Crippen LogP contribution >= 0.6 is 0 Å². The van der Waals surface area contributed by atoms with Crippen molar-refractivity contribution in [2.45, 2.75) is 70.7 Å². The summed E-state index contributed by atoms with van der Waals surface area (Å²) in [6.07, 6.45) is 2.28. The molecule has 2 aromatic carbocycles. The second-order valence-corrected chi connectivity index (χ2v) is 11.4. The number of hydrogen-bond acceptors (Lipinski definition) is 7. The van der Waals surface area contributed by atoms with Crippen molar-refractivity contribution in [2.75, 3.05) is 38.2 Å². The van der Waals surface area contributed by atoms with Gasteiger partial charge in [-0.05, 0) is 48.4 Å². The molecule has 2 aliphatic heterocycles. The lowest BCUT2D eigenvalue weighted by Crippen LogP contribution is -2.52. The molecular formula is C31H44N4O5. The second kappa shape index (κ2) is 14.0. The number of carboxylic acids is 1. The van der Waals surface area contributed by atoms with Crippen molar-refractivity contribution in [1.82, 2.24) is 14.7 Å². The third-order valence-corrected chi connectivity index (χ3v) is 8.38. The summed E-state index contributed by atoms with van der Waals surface area (Å²) >= 11 is 0. The maximum Gasteiger partial charge on any atom is 0.410 e. The van der Waals surface area contributed by atoms with Crippen molar-refractivity contribution in [3.8, 4) is 0 Å². The van der Waals surface area contributed by atoms with Gasteiger partial charge in [0.1, 0.15) is 12.6 Å². The van der Waals surface area contributed by atoms with Crippen LogP contribution in [0, 0.1) is 5.92 Å². The molecule has 4 rings (SSSR count). The van der Waals surface area contributed by atoms with E-state index in [0.717, 1.165) is 51.0 Å². The predicted molar refractivity (Wildman–Crippen MR) is 154 cm³/mol. The Kier molecular flexibility index (Phi) is 10.4. The van der Waals surface area contributed by atoms with Gasteiger partial charge >= 0.3 is 12.1 Å². The van der Waals surface area contributed by atoms with E-state index in [1.807, 2.05) is 36.9 Å². The molecule has 0 spiro atoms. The van der Waals surface area contributed by atoms with Crippen molar-refractivity contribution >= 4 is 17.7 Å². The monoisotopic (exact) mass is 552 g/mol. The largest absolute Gasteiger partial charge is 0.480 e. The minimum absolute atomic E-state index is 0.0244. The van der Waals surface area contributed by atoms with E-state index >= 15 is 0 Å². The molecule has 2 fully saturated rings. The van der Waals surface area contributed by atoms with Crippen LogP contribution in [0.4, 0.5) is 10.5 Å². The molecular weight excluding hydrogens is 508 g/mol. The Morgan fingerprint density at radius 1 is 1.05 bits per heavy atom. The Labute approximate surface area is 237 Å². The van der Waals surface area contributed by atoms with Crippen LogP contribution in [0.5, 0.6) is 0 Å². The van der Waals surface area contributed by atoms with E-state index in [0.29, 0.717) is 12.2 Å². The van der Waals surface area contributed by atoms with Crippen molar-refractivity contribution in [1.29, 1.82) is 0 Å². The third kappa shape index (κ3) is 7.13. The van der Waals surface area contributed by atoms with Gasteiger partial charge in [0.15, 0.2) is 0 Å². The van der Waals surface area contributed by atoms with Gasteiger partial charge in [-0.1, -0.05) is 63.2 Å². The van der Waals surface area contributed by atoms with Gasteiger partial charge in [0.25, 0.3) is 0 Å². The zero-order valence-corrected chi connectivity index (χ0v) is 23.9. The van der Waals surface area contributed by atoms with Crippen molar-refractivity contribution in [2.24, 2.45) is 5.92 Å². The lowest BCUT2D eigenvalue weighted by atomic mass is 9.91. The Hall–Kier alpha value is -3.14. The van der Waals surface area contributed by atoms with Gasteiger partial charge in [-0.15, -0.1) is 0 Å². The number of piperidine rings is 1. The van der Waals surface area contributed by atoms with Gasteiger partial charge in [-0.3, -0.25) is 25.3 Å². The van der Waals surface area contributed by atoms with Gasteiger partial charge in [-0.2, -0.15) is 0 Å². The lowest BCUT2D eigenvalue weighted by Gasteiger charge is -2.41. The van der Waals surface area contributed by atoms with Crippen LogP contribution in [-0.4, -0.2) is 87.9 Å². The number of nitrogens with one attached hydrogen (secondary N) is 1. The highest BCUT2D eigenvalue weighted by molar-refractivity contribution is 5.74. The molecule has 3 N–H and O–H groups in total. The summed E-state index contributed by atoms with van der Waals surface area (Å²) < 4.78 is 5.68. The maximum atomic E-state index is 13.1. The molecule has 0 saturated carbocycles. The Morgan fingerprint density at radius 2 is 1.73 bits per heavy atom. The number of carbonyl (C=O) groups is 2. The van der Waals surface area contributed by atoms with Gasteiger partial charge in [0, 0.05) is 50.7 Å². The van der Waals surface area contributed by atoms with Crippen LogP contribution in [-0.2, 0) is 16.1 Å². The summed E-state index contributed by atoms with van der Waals surface area (Å²) in [5.74, 6) is -0.491. The first-order valence-electron chi connectivity index (χ1n) is 14.5. The normalized spacial score (nSPS) is 21.3. The second-order valence-electron chi connectivity index (χ2n) is 11.4. The fraction of sp³-hybridized carbons (Fsp3) is 0.548. The number of carboxylic acid groups (broad SMARTS) is 1. The number of amides is 1. The van der Waals surface area contributed by atoms with Crippen molar-refractivity contribution < 1.29 is 24.6 Å². The first-order valence-corrected chi connectivity index (χ1v) is 14.5. The molecule has 0 aliphatic carbocycles. The van der Waals surface area contributed by atoms with Crippen LogP contribution in [0.1, 0.15) is 57.1 Å². The van der Waals surface area contributed by atoms with Crippen LogP contribution in [0.15, 0.2) is 54.6 Å². The molecule has 9 heteroatoms. The quantitative estimate of drug-likeness (QED) is 0.339. The Morgan fingerprint density at radius 3 is 2.30 bits per heavy atom. The van der Waals surface area contributed by atoms with E-state index in [4.69, 9.17) is 9.94 Å². The summed E-state index contributed by atoms with van der Waals surface area (Å²) in [4.78, 5) is 31.8. The van der Waals surface area contributed by atoms with Gasteiger partial charge < -0.3 is 14.7 Å². The summed E-state index contributed by atoms with van der Waals surface area (Å²) in [5.41, 5.74) is 4.79. The molecule has 0 bridgehead atoms. The smallest absolute Gasteiger partial charge is 0.410 e. The number of anilines is 1. The number of rotatable bonds is 11. The van der Waals surface area contributed by atoms with Gasteiger partial charge in [-0.25, -0.2) is 4.79 Å². The molecule has 2 saturated heterocycles.